The van der Waals surface area contributed by atoms with E-state index in [4.69, 9.17) is 11.6 Å². The lowest BCUT2D eigenvalue weighted by Crippen LogP contribution is -2.29. The van der Waals surface area contributed by atoms with Crippen molar-refractivity contribution in [2.45, 2.75) is 32.6 Å². The van der Waals surface area contributed by atoms with Gasteiger partial charge in [0.15, 0.2) is 0 Å². The zero-order valence-electron chi connectivity index (χ0n) is 17.4. The summed E-state index contributed by atoms with van der Waals surface area (Å²) in [7, 11) is 0. The van der Waals surface area contributed by atoms with Gasteiger partial charge in [0.1, 0.15) is 5.82 Å². The van der Waals surface area contributed by atoms with Gasteiger partial charge in [-0.25, -0.2) is 9.07 Å². The molecule has 3 aromatic rings. The molecule has 2 aromatic carbocycles. The van der Waals surface area contributed by atoms with E-state index < -0.39 is 0 Å². The van der Waals surface area contributed by atoms with Gasteiger partial charge in [0.2, 0.25) is 0 Å². The number of carbonyl (C=O) groups is 1. The van der Waals surface area contributed by atoms with Crippen LogP contribution < -0.4 is 10.6 Å². The smallest absolute Gasteiger partial charge is 0.259 e. The lowest BCUT2D eigenvalue weighted by molar-refractivity contribution is 0.102. The predicted molar refractivity (Wildman–Crippen MR) is 124 cm³/mol. The van der Waals surface area contributed by atoms with Crippen molar-refractivity contribution in [3.05, 3.63) is 75.8 Å². The molecule has 1 saturated heterocycles. The molecule has 0 aliphatic carbocycles. The van der Waals surface area contributed by atoms with Crippen LogP contribution in [0.25, 0.3) is 5.69 Å². The first kappa shape index (κ1) is 23.3. The number of amides is 1. The highest BCUT2D eigenvalue weighted by Crippen LogP contribution is 2.31. The maximum atomic E-state index is 13.9. The molecule has 164 valence electrons. The van der Waals surface area contributed by atoms with Crippen molar-refractivity contribution in [3.8, 4) is 5.69 Å². The number of nitrogens with one attached hydrogen (secondary N) is 2. The number of halogens is 3. The number of hydrogen-bond acceptors (Lipinski definition) is 3. The molecular weight excluding hydrogens is 438 g/mol. The minimum absolute atomic E-state index is 0. The molecule has 2 heterocycles. The first-order valence-corrected chi connectivity index (χ1v) is 10.4. The third-order valence-electron chi connectivity index (χ3n) is 5.61. The highest BCUT2D eigenvalue weighted by Gasteiger charge is 2.27. The number of rotatable bonds is 4. The van der Waals surface area contributed by atoms with E-state index >= 15 is 0 Å². The molecular formula is C23H25Cl2FN4O. The molecule has 5 nitrogen and oxygen atoms in total. The van der Waals surface area contributed by atoms with Crippen LogP contribution in [0.15, 0.2) is 42.6 Å². The van der Waals surface area contributed by atoms with E-state index in [0.717, 1.165) is 42.9 Å². The number of piperidine rings is 1. The minimum Gasteiger partial charge on any atom is -0.322 e. The first-order chi connectivity index (χ1) is 14.4. The Kier molecular flexibility index (Phi) is 7.36. The highest BCUT2D eigenvalue weighted by atomic mass is 35.5. The first-order valence-electron chi connectivity index (χ1n) is 10.1. The molecule has 1 aliphatic rings. The molecule has 8 heteroatoms. The minimum atomic E-state index is -0.351. The number of aromatic nitrogens is 2. The Balaban J connectivity index is 0.00000272. The number of anilines is 1. The lowest BCUT2D eigenvalue weighted by Gasteiger charge is -2.25. The zero-order valence-corrected chi connectivity index (χ0v) is 19.0. The van der Waals surface area contributed by atoms with E-state index in [9.17, 15) is 9.18 Å². The monoisotopic (exact) mass is 462 g/mol. The Morgan fingerprint density at radius 3 is 2.55 bits per heavy atom. The molecule has 1 fully saturated rings. The average molecular weight is 463 g/mol. The van der Waals surface area contributed by atoms with E-state index in [2.05, 4.69) is 15.7 Å². The van der Waals surface area contributed by atoms with Crippen molar-refractivity contribution in [3.63, 3.8) is 0 Å². The summed E-state index contributed by atoms with van der Waals surface area (Å²) in [5, 5.41) is 11.4. The predicted octanol–water partition coefficient (Wildman–Crippen LogP) is 5.42. The fraction of sp³-hybridized carbons (Fsp3) is 0.304. The normalized spacial score (nSPS) is 14.2. The molecule has 0 spiro atoms. The SMILES string of the molecule is Cc1ccc(NC(=O)c2cnn(-c3ccc(C)c(Cl)c3)c2C2CCNCC2)cc1F.Cl. The summed E-state index contributed by atoms with van der Waals surface area (Å²) >= 11 is 6.34. The van der Waals surface area contributed by atoms with Crippen molar-refractivity contribution in [2.75, 3.05) is 18.4 Å². The van der Waals surface area contributed by atoms with Crippen LogP contribution in [0.1, 0.15) is 45.9 Å². The van der Waals surface area contributed by atoms with Gasteiger partial charge in [-0.1, -0.05) is 23.7 Å². The van der Waals surface area contributed by atoms with E-state index in [0.29, 0.717) is 21.8 Å². The van der Waals surface area contributed by atoms with Crippen molar-refractivity contribution >= 4 is 35.6 Å². The molecule has 1 amide bonds. The fourth-order valence-electron chi connectivity index (χ4n) is 3.81. The van der Waals surface area contributed by atoms with Crippen molar-refractivity contribution < 1.29 is 9.18 Å². The van der Waals surface area contributed by atoms with E-state index in [1.54, 1.807) is 25.3 Å². The van der Waals surface area contributed by atoms with Crippen LogP contribution in [-0.4, -0.2) is 28.8 Å². The van der Waals surface area contributed by atoms with Crippen LogP contribution >= 0.6 is 24.0 Å². The molecule has 31 heavy (non-hydrogen) atoms. The summed E-state index contributed by atoms with van der Waals surface area (Å²) in [6, 6.07) is 10.4. The molecule has 0 bridgehead atoms. The summed E-state index contributed by atoms with van der Waals surface area (Å²) in [4.78, 5) is 13.1. The Morgan fingerprint density at radius 2 is 1.87 bits per heavy atom. The van der Waals surface area contributed by atoms with Gasteiger partial charge in [-0.15, -0.1) is 12.4 Å². The number of aryl methyl sites for hydroxylation is 2. The second-order valence-corrected chi connectivity index (χ2v) is 8.14. The Hall–Kier alpha value is -2.41. The molecule has 0 radical (unpaired) electrons. The maximum absolute atomic E-state index is 13.9. The summed E-state index contributed by atoms with van der Waals surface area (Å²) < 4.78 is 15.7. The molecule has 2 N–H and O–H groups in total. The largest absolute Gasteiger partial charge is 0.322 e. The van der Waals surface area contributed by atoms with Gasteiger partial charge in [-0.2, -0.15) is 5.10 Å². The van der Waals surface area contributed by atoms with Gasteiger partial charge in [-0.05, 0) is 75.2 Å². The van der Waals surface area contributed by atoms with Gasteiger partial charge in [0, 0.05) is 16.6 Å². The topological polar surface area (TPSA) is 59.0 Å². The summed E-state index contributed by atoms with van der Waals surface area (Å²) in [6.07, 6.45) is 3.40. The van der Waals surface area contributed by atoms with Crippen LogP contribution in [0.3, 0.4) is 0 Å². The van der Waals surface area contributed by atoms with Crippen molar-refractivity contribution in [2.24, 2.45) is 0 Å². The number of nitrogens with zero attached hydrogens (tertiary/aromatic N) is 2. The molecule has 0 atom stereocenters. The summed E-state index contributed by atoms with van der Waals surface area (Å²) in [5.74, 6) is -0.461. The molecule has 0 saturated carbocycles. The quantitative estimate of drug-likeness (QED) is 0.543. The molecule has 4 rings (SSSR count). The van der Waals surface area contributed by atoms with E-state index in [-0.39, 0.29) is 30.0 Å². The third-order valence-corrected chi connectivity index (χ3v) is 6.01. The van der Waals surface area contributed by atoms with Crippen LogP contribution in [0.5, 0.6) is 0 Å². The molecule has 1 aliphatic heterocycles. The second kappa shape index (κ2) is 9.81. The maximum Gasteiger partial charge on any atom is 0.259 e. The van der Waals surface area contributed by atoms with Crippen LogP contribution in [0.2, 0.25) is 5.02 Å². The third kappa shape index (κ3) is 4.92. The van der Waals surface area contributed by atoms with Gasteiger partial charge >= 0.3 is 0 Å². The van der Waals surface area contributed by atoms with Crippen molar-refractivity contribution in [1.82, 2.24) is 15.1 Å². The zero-order chi connectivity index (χ0) is 21.3. The van der Waals surface area contributed by atoms with Gasteiger partial charge in [0.25, 0.3) is 5.91 Å². The average Bonchev–Trinajstić information content (AvgIpc) is 3.19. The number of carbonyl (C=O) groups excluding carboxylic acids is 1. The van der Waals surface area contributed by atoms with E-state index in [1.165, 1.54) is 6.07 Å². The second-order valence-electron chi connectivity index (χ2n) is 7.73. The van der Waals surface area contributed by atoms with Gasteiger partial charge in [0.05, 0.1) is 23.1 Å². The van der Waals surface area contributed by atoms with Gasteiger partial charge in [-0.3, -0.25) is 4.79 Å². The molecule has 0 unspecified atom stereocenters. The van der Waals surface area contributed by atoms with Crippen LogP contribution in [0, 0.1) is 19.7 Å². The fourth-order valence-corrected chi connectivity index (χ4v) is 3.98. The Morgan fingerprint density at radius 1 is 1.16 bits per heavy atom. The van der Waals surface area contributed by atoms with Crippen molar-refractivity contribution in [1.29, 1.82) is 0 Å². The van der Waals surface area contributed by atoms with Gasteiger partial charge < -0.3 is 10.6 Å². The molecule has 1 aromatic heterocycles. The van der Waals surface area contributed by atoms with E-state index in [1.807, 2.05) is 29.8 Å². The number of hydrogen-bond donors (Lipinski definition) is 2. The summed E-state index contributed by atoms with van der Waals surface area (Å²) in [5.41, 5.74) is 4.12. The highest BCUT2D eigenvalue weighted by molar-refractivity contribution is 6.31. The summed E-state index contributed by atoms with van der Waals surface area (Å²) in [6.45, 7) is 5.40. The Labute approximate surface area is 192 Å². The van der Waals surface area contributed by atoms with Crippen LogP contribution in [0.4, 0.5) is 10.1 Å². The number of benzene rings is 2. The Bertz CT molecular complexity index is 1090. The lowest BCUT2D eigenvalue weighted by atomic mass is 9.91. The van der Waals surface area contributed by atoms with Crippen LogP contribution in [-0.2, 0) is 0 Å². The standard InChI is InChI=1S/C23H24ClFN4O.ClH/c1-14-4-6-18(12-20(14)24)29-22(16-7-9-26-10-8-16)19(13-27-29)23(30)28-17-5-3-15(2)21(25)11-17;/h3-6,11-13,16,26H,7-10H2,1-2H3,(H,28,30);1H.